The molecule has 3 heterocycles. The van der Waals surface area contributed by atoms with Crippen LogP contribution in [-0.2, 0) is 6.54 Å². The number of aromatic nitrogens is 1. The van der Waals surface area contributed by atoms with E-state index in [-0.39, 0.29) is 11.9 Å². The molecule has 8 nitrogen and oxygen atoms in total. The summed E-state index contributed by atoms with van der Waals surface area (Å²) in [6, 6.07) is 13.3. The summed E-state index contributed by atoms with van der Waals surface area (Å²) in [6.45, 7) is 5.01. The molecule has 0 bridgehead atoms. The summed E-state index contributed by atoms with van der Waals surface area (Å²) in [5.74, 6) is 0.708. The van der Waals surface area contributed by atoms with Crippen LogP contribution in [0, 0.1) is 0 Å². The number of hydrogen-bond donors (Lipinski definition) is 1. The van der Waals surface area contributed by atoms with Crippen molar-refractivity contribution < 1.29 is 14.0 Å². The fraction of sp³-hybridized carbons (Fsp3) is 0.423. The Morgan fingerprint density at radius 2 is 1.77 bits per heavy atom. The van der Waals surface area contributed by atoms with Crippen molar-refractivity contribution in [3.05, 3.63) is 53.9 Å². The number of thioether (sulfide) groups is 1. The molecule has 35 heavy (non-hydrogen) atoms. The highest BCUT2D eigenvalue weighted by molar-refractivity contribution is 7.98. The van der Waals surface area contributed by atoms with Gasteiger partial charge in [-0.2, -0.15) is 0 Å². The molecule has 0 saturated carbocycles. The number of urea groups is 1. The Balaban J connectivity index is 1.16. The molecule has 0 atom stereocenters. The van der Waals surface area contributed by atoms with Gasteiger partial charge in [0.05, 0.1) is 6.54 Å². The Hall–Kier alpha value is -3.04. The van der Waals surface area contributed by atoms with Gasteiger partial charge in [0, 0.05) is 55.4 Å². The third kappa shape index (κ3) is 5.62. The van der Waals surface area contributed by atoms with Gasteiger partial charge in [-0.05, 0) is 61.9 Å². The van der Waals surface area contributed by atoms with E-state index in [9.17, 15) is 9.59 Å². The number of piperazine rings is 1. The van der Waals surface area contributed by atoms with Crippen molar-refractivity contribution in [3.8, 4) is 0 Å². The van der Waals surface area contributed by atoms with E-state index < -0.39 is 0 Å². The van der Waals surface area contributed by atoms with Crippen molar-refractivity contribution in [1.29, 1.82) is 0 Å². The largest absolute Gasteiger partial charge is 0.439 e. The molecular formula is C26H31N5O3S. The molecule has 3 aromatic rings. The number of piperidine rings is 1. The number of nitrogens with one attached hydrogen (secondary N) is 1. The average Bonchev–Trinajstić information content (AvgIpc) is 3.30. The molecule has 184 valence electrons. The Labute approximate surface area is 209 Å². The molecule has 0 aliphatic carbocycles. The predicted molar refractivity (Wildman–Crippen MR) is 138 cm³/mol. The average molecular weight is 494 g/mol. The highest BCUT2D eigenvalue weighted by atomic mass is 32.2. The standard InChI is InChI=1S/C26H31N5O3S/c1-35-21-7-5-6-20(17-21)27-26(33)31-14-12-29(13-15-31)18-24-28-22-16-19(8-9-23(22)34-24)25(32)30-10-3-2-4-11-30/h5-9,16-17H,2-4,10-15,18H2,1H3,(H,27,33). The minimum absolute atomic E-state index is 0.0735. The maximum absolute atomic E-state index is 12.8. The van der Waals surface area contributed by atoms with Crippen molar-refractivity contribution in [3.63, 3.8) is 0 Å². The van der Waals surface area contributed by atoms with Gasteiger partial charge in [-0.1, -0.05) is 6.07 Å². The van der Waals surface area contributed by atoms with Gasteiger partial charge < -0.3 is 19.5 Å². The van der Waals surface area contributed by atoms with Crippen molar-refractivity contribution in [1.82, 2.24) is 19.7 Å². The van der Waals surface area contributed by atoms with Crippen molar-refractivity contribution in [2.75, 3.05) is 50.8 Å². The SMILES string of the molecule is CSc1cccc(NC(=O)N2CCN(Cc3nc4cc(C(=O)N5CCCCC5)ccc4o3)CC2)c1. The number of hydrogen-bond acceptors (Lipinski definition) is 6. The molecule has 1 N–H and O–H groups in total. The van der Waals surface area contributed by atoms with Gasteiger partial charge in [-0.25, -0.2) is 9.78 Å². The van der Waals surface area contributed by atoms with Crippen molar-refractivity contribution in [2.45, 2.75) is 30.7 Å². The van der Waals surface area contributed by atoms with Gasteiger partial charge in [-0.15, -0.1) is 11.8 Å². The second kappa shape index (κ2) is 10.7. The van der Waals surface area contributed by atoms with E-state index in [1.165, 1.54) is 6.42 Å². The molecule has 2 saturated heterocycles. The molecular weight excluding hydrogens is 462 g/mol. The molecule has 0 unspecified atom stereocenters. The first-order valence-corrected chi connectivity index (χ1v) is 13.4. The van der Waals surface area contributed by atoms with Crippen LogP contribution in [0.5, 0.6) is 0 Å². The van der Waals surface area contributed by atoms with Gasteiger partial charge in [0.15, 0.2) is 5.58 Å². The Kier molecular flexibility index (Phi) is 7.24. The summed E-state index contributed by atoms with van der Waals surface area (Å²) in [7, 11) is 0. The van der Waals surface area contributed by atoms with E-state index in [0.717, 1.165) is 49.6 Å². The molecule has 5 rings (SSSR count). The molecule has 0 spiro atoms. The number of carbonyl (C=O) groups excluding carboxylic acids is 2. The minimum Gasteiger partial charge on any atom is -0.439 e. The summed E-state index contributed by atoms with van der Waals surface area (Å²) in [5, 5.41) is 3.00. The third-order valence-corrected chi connectivity index (χ3v) is 7.39. The van der Waals surface area contributed by atoms with Crippen LogP contribution in [0.4, 0.5) is 10.5 Å². The molecule has 9 heteroatoms. The lowest BCUT2D eigenvalue weighted by Gasteiger charge is -2.34. The number of rotatable bonds is 5. The molecule has 2 aliphatic rings. The highest BCUT2D eigenvalue weighted by Crippen LogP contribution is 2.22. The summed E-state index contributed by atoms with van der Waals surface area (Å²) in [4.78, 5) is 37.3. The maximum atomic E-state index is 12.8. The van der Waals surface area contributed by atoms with Crippen LogP contribution >= 0.6 is 11.8 Å². The van der Waals surface area contributed by atoms with Crippen molar-refractivity contribution >= 4 is 40.5 Å². The van der Waals surface area contributed by atoms with Crippen LogP contribution in [0.15, 0.2) is 51.8 Å². The number of carbonyl (C=O) groups is 2. The van der Waals surface area contributed by atoms with Crippen LogP contribution in [0.25, 0.3) is 11.1 Å². The molecule has 2 aliphatic heterocycles. The summed E-state index contributed by atoms with van der Waals surface area (Å²) in [5.41, 5.74) is 2.89. The van der Waals surface area contributed by atoms with E-state index in [1.807, 2.05) is 58.5 Å². The number of benzene rings is 2. The van der Waals surface area contributed by atoms with Crippen LogP contribution in [0.1, 0.15) is 35.5 Å². The Morgan fingerprint density at radius 3 is 2.54 bits per heavy atom. The quantitative estimate of drug-likeness (QED) is 0.526. The fourth-order valence-electron chi connectivity index (χ4n) is 4.66. The topological polar surface area (TPSA) is 81.9 Å². The number of fused-ring (bicyclic) bond motifs is 1. The summed E-state index contributed by atoms with van der Waals surface area (Å²) < 4.78 is 5.95. The monoisotopic (exact) mass is 493 g/mol. The van der Waals surface area contributed by atoms with Crippen LogP contribution in [-0.4, -0.2) is 77.1 Å². The summed E-state index contributed by atoms with van der Waals surface area (Å²) >= 11 is 1.65. The molecule has 1 aromatic heterocycles. The van der Waals surface area contributed by atoms with E-state index in [4.69, 9.17) is 4.42 Å². The van der Waals surface area contributed by atoms with Crippen LogP contribution in [0.3, 0.4) is 0 Å². The second-order valence-corrected chi connectivity index (χ2v) is 9.95. The Bertz CT molecular complexity index is 1200. The first-order chi connectivity index (χ1) is 17.1. The lowest BCUT2D eigenvalue weighted by molar-refractivity contribution is 0.0724. The second-order valence-electron chi connectivity index (χ2n) is 9.07. The molecule has 0 radical (unpaired) electrons. The Morgan fingerprint density at radius 1 is 0.971 bits per heavy atom. The molecule has 2 aromatic carbocycles. The zero-order chi connectivity index (χ0) is 24.2. The molecule has 3 amide bonds. The number of anilines is 1. The van der Waals surface area contributed by atoms with Gasteiger partial charge in [0.1, 0.15) is 5.52 Å². The smallest absolute Gasteiger partial charge is 0.321 e. The van der Waals surface area contributed by atoms with E-state index in [0.29, 0.717) is 42.2 Å². The number of oxazole rings is 1. The lowest BCUT2D eigenvalue weighted by atomic mass is 10.1. The third-order valence-electron chi connectivity index (χ3n) is 6.66. The number of amides is 3. The lowest BCUT2D eigenvalue weighted by Crippen LogP contribution is -2.49. The normalized spacial score (nSPS) is 17.1. The highest BCUT2D eigenvalue weighted by Gasteiger charge is 2.23. The van der Waals surface area contributed by atoms with Crippen molar-refractivity contribution in [2.24, 2.45) is 0 Å². The van der Waals surface area contributed by atoms with Crippen LogP contribution in [0.2, 0.25) is 0 Å². The van der Waals surface area contributed by atoms with Gasteiger partial charge >= 0.3 is 6.03 Å². The minimum atomic E-state index is -0.0735. The van der Waals surface area contributed by atoms with Gasteiger partial charge in [-0.3, -0.25) is 9.69 Å². The molecule has 2 fully saturated rings. The zero-order valence-electron chi connectivity index (χ0n) is 20.0. The van der Waals surface area contributed by atoms with E-state index in [2.05, 4.69) is 15.2 Å². The zero-order valence-corrected chi connectivity index (χ0v) is 20.9. The van der Waals surface area contributed by atoms with Crippen LogP contribution < -0.4 is 5.32 Å². The summed E-state index contributed by atoms with van der Waals surface area (Å²) in [6.07, 6.45) is 5.36. The fourth-order valence-corrected chi connectivity index (χ4v) is 5.12. The maximum Gasteiger partial charge on any atom is 0.321 e. The number of likely N-dealkylation sites (tertiary alicyclic amines) is 1. The predicted octanol–water partition coefficient (Wildman–Crippen LogP) is 4.53. The van der Waals surface area contributed by atoms with Gasteiger partial charge in [0.2, 0.25) is 5.89 Å². The van der Waals surface area contributed by atoms with E-state index >= 15 is 0 Å². The van der Waals surface area contributed by atoms with E-state index in [1.54, 1.807) is 11.8 Å². The van der Waals surface area contributed by atoms with Gasteiger partial charge in [0.25, 0.3) is 5.91 Å². The first kappa shape index (κ1) is 23.7. The number of nitrogens with zero attached hydrogens (tertiary/aromatic N) is 4. The first-order valence-electron chi connectivity index (χ1n) is 12.2.